The van der Waals surface area contributed by atoms with Gasteiger partial charge in [0, 0.05) is 17.7 Å². The normalized spacial score (nSPS) is 23.2. The number of hydrogen-bond donors (Lipinski definition) is 1. The average molecular weight is 690 g/mol. The zero-order valence-electron chi connectivity index (χ0n) is 23.8. The number of hydrogen-bond acceptors (Lipinski definition) is 5. The topological polar surface area (TPSA) is 101 Å². The third-order valence-electron chi connectivity index (χ3n) is 8.77. The quantitative estimate of drug-likeness (QED) is 0.222. The van der Waals surface area contributed by atoms with E-state index in [4.69, 9.17) is 14.6 Å². The van der Waals surface area contributed by atoms with Crippen LogP contribution in [-0.4, -0.2) is 68.0 Å². The molecule has 0 bridgehead atoms. The van der Waals surface area contributed by atoms with Gasteiger partial charge in [0.1, 0.15) is 22.9 Å². The molecule has 2 aromatic carbocycles. The third-order valence-corrected chi connectivity index (χ3v) is 11.3. The van der Waals surface area contributed by atoms with Crippen molar-refractivity contribution in [1.29, 1.82) is 0 Å². The van der Waals surface area contributed by atoms with Gasteiger partial charge < -0.3 is 14.7 Å². The second-order valence-corrected chi connectivity index (χ2v) is 13.5. The van der Waals surface area contributed by atoms with Gasteiger partial charge in [-0.3, -0.25) is 9.59 Å². The standard InChI is InChI=1S/C28H26F9NO4S.CH2O2/c29-18-6-8-19(9-7-18)43(40,41)25-13-4-14-38(23(39)24(30)11-2-1-3-12-24)22(25)16-42-21-15-17(5-10-20(21)25)26(31,27(32,33)34)28(35,36)37;2-1-3/h5-10,15,22H,1-4,11-14,16H2;1H,(H,2,3). The smallest absolute Gasteiger partial charge is 0.435 e. The molecule has 2 heterocycles. The summed E-state index contributed by atoms with van der Waals surface area (Å²) in [4.78, 5) is 22.6. The van der Waals surface area contributed by atoms with E-state index in [9.17, 15) is 48.3 Å². The van der Waals surface area contributed by atoms with E-state index in [0.29, 0.717) is 25.3 Å². The minimum absolute atomic E-state index is 0.0436. The van der Waals surface area contributed by atoms with Crippen molar-refractivity contribution < 1.29 is 67.4 Å². The maximum Gasteiger partial charge on any atom is 0.435 e. The highest BCUT2D eigenvalue weighted by Gasteiger charge is 2.74. The molecule has 2 unspecified atom stereocenters. The number of carboxylic acid groups (broad SMARTS) is 1. The number of likely N-dealkylation sites (tertiary alicyclic amines) is 1. The van der Waals surface area contributed by atoms with Crippen molar-refractivity contribution >= 4 is 22.2 Å². The molecule has 2 atom stereocenters. The molecule has 2 aromatic rings. The van der Waals surface area contributed by atoms with Gasteiger partial charge in [0.2, 0.25) is 0 Å². The molecule has 17 heteroatoms. The predicted octanol–water partition coefficient (Wildman–Crippen LogP) is 6.54. The van der Waals surface area contributed by atoms with Crippen LogP contribution in [-0.2, 0) is 29.8 Å². The largest absolute Gasteiger partial charge is 0.491 e. The van der Waals surface area contributed by atoms with Crippen LogP contribution in [0.3, 0.4) is 0 Å². The molecule has 5 rings (SSSR count). The number of fused-ring (bicyclic) bond motifs is 3. The Morgan fingerprint density at radius 2 is 1.48 bits per heavy atom. The van der Waals surface area contributed by atoms with Crippen molar-refractivity contribution in [1.82, 2.24) is 4.90 Å². The molecular weight excluding hydrogens is 661 g/mol. The summed E-state index contributed by atoms with van der Waals surface area (Å²) in [5, 5.41) is 6.89. The first-order chi connectivity index (χ1) is 21.3. The number of carbonyl (C=O) groups is 2. The van der Waals surface area contributed by atoms with Crippen LogP contribution in [0, 0.1) is 5.82 Å². The maximum absolute atomic E-state index is 15.9. The summed E-state index contributed by atoms with van der Waals surface area (Å²) >= 11 is 0. The molecule has 0 spiro atoms. The summed E-state index contributed by atoms with van der Waals surface area (Å²) in [5.74, 6) is -2.55. The number of piperidine rings is 1. The van der Waals surface area contributed by atoms with E-state index in [1.54, 1.807) is 0 Å². The van der Waals surface area contributed by atoms with Gasteiger partial charge in [-0.2, -0.15) is 26.3 Å². The first-order valence-corrected chi connectivity index (χ1v) is 15.5. The van der Waals surface area contributed by atoms with E-state index < -0.39 is 84.4 Å². The first-order valence-electron chi connectivity index (χ1n) is 14.0. The number of ether oxygens (including phenoxy) is 1. The van der Waals surface area contributed by atoms with Gasteiger partial charge in [0.25, 0.3) is 12.4 Å². The van der Waals surface area contributed by atoms with Gasteiger partial charge in [0.15, 0.2) is 15.5 Å². The Labute approximate surface area is 257 Å². The number of amides is 1. The van der Waals surface area contributed by atoms with Crippen molar-refractivity contribution in [2.24, 2.45) is 0 Å². The lowest BCUT2D eigenvalue weighted by molar-refractivity contribution is -0.348. The molecule has 0 radical (unpaired) electrons. The van der Waals surface area contributed by atoms with Gasteiger partial charge >= 0.3 is 18.0 Å². The van der Waals surface area contributed by atoms with Crippen LogP contribution in [0.15, 0.2) is 47.4 Å². The first kappa shape index (κ1) is 35.4. The minimum Gasteiger partial charge on any atom is -0.491 e. The Balaban J connectivity index is 0.00000154. The molecule has 254 valence electrons. The fourth-order valence-electron chi connectivity index (χ4n) is 6.60. The molecule has 0 aromatic heterocycles. The molecule has 1 N–H and O–H groups in total. The van der Waals surface area contributed by atoms with E-state index >= 15 is 4.39 Å². The lowest BCUT2D eigenvalue weighted by atomic mass is 9.77. The number of nitrogens with zero attached hydrogens (tertiary/aromatic N) is 1. The van der Waals surface area contributed by atoms with Gasteiger partial charge in [-0.25, -0.2) is 21.6 Å². The lowest BCUT2D eigenvalue weighted by Crippen LogP contribution is -2.66. The van der Waals surface area contributed by atoms with E-state index in [2.05, 4.69) is 0 Å². The van der Waals surface area contributed by atoms with Crippen LogP contribution >= 0.6 is 0 Å². The summed E-state index contributed by atoms with van der Waals surface area (Å²) in [7, 11) is -4.74. The number of sulfone groups is 1. The number of benzene rings is 2. The number of alkyl halides is 8. The van der Waals surface area contributed by atoms with Crippen molar-refractivity contribution in [2.45, 2.75) is 84.3 Å². The van der Waals surface area contributed by atoms with Gasteiger partial charge in [-0.05, 0) is 68.9 Å². The molecule has 46 heavy (non-hydrogen) atoms. The fraction of sp³-hybridized carbons (Fsp3) is 0.517. The Morgan fingerprint density at radius 3 is 2.02 bits per heavy atom. The number of carbonyl (C=O) groups excluding carboxylic acids is 1. The van der Waals surface area contributed by atoms with E-state index in [-0.39, 0.29) is 50.8 Å². The highest BCUT2D eigenvalue weighted by atomic mass is 32.2. The van der Waals surface area contributed by atoms with Crippen LogP contribution in [0.25, 0.3) is 0 Å². The SMILES string of the molecule is O=C(N1CCCC2(S(=O)(=O)c3ccc(F)cc3)c3ccc(C(F)(C(F)(F)F)C(F)(F)F)cc3OCC12)C1(F)CCCCC1.O=CO. The fourth-order valence-corrected chi connectivity index (χ4v) is 8.94. The van der Waals surface area contributed by atoms with Crippen molar-refractivity contribution in [2.75, 3.05) is 13.2 Å². The Kier molecular flexibility index (Phi) is 9.43. The number of halogens is 9. The predicted molar refractivity (Wildman–Crippen MR) is 142 cm³/mol. The van der Waals surface area contributed by atoms with Gasteiger partial charge in [0.05, 0.1) is 10.9 Å². The molecule has 1 saturated heterocycles. The highest BCUT2D eigenvalue weighted by molar-refractivity contribution is 7.92. The minimum atomic E-state index is -6.43. The zero-order valence-corrected chi connectivity index (χ0v) is 24.6. The molecule has 7 nitrogen and oxygen atoms in total. The van der Waals surface area contributed by atoms with Crippen LogP contribution in [0.1, 0.15) is 56.1 Å². The molecule has 1 aliphatic carbocycles. The zero-order chi connectivity index (χ0) is 34.3. The highest BCUT2D eigenvalue weighted by Crippen LogP contribution is 2.57. The maximum atomic E-state index is 15.9. The van der Waals surface area contributed by atoms with Crippen LogP contribution in [0.4, 0.5) is 39.5 Å². The van der Waals surface area contributed by atoms with E-state index in [1.807, 2.05) is 0 Å². The van der Waals surface area contributed by atoms with E-state index in [1.165, 1.54) is 0 Å². The Morgan fingerprint density at radius 1 is 0.913 bits per heavy atom. The third kappa shape index (κ3) is 5.57. The molecule has 3 aliphatic rings. The van der Waals surface area contributed by atoms with Crippen LogP contribution < -0.4 is 4.74 Å². The molecule has 1 saturated carbocycles. The summed E-state index contributed by atoms with van der Waals surface area (Å²) in [5.41, 5.74) is -10.4. The average Bonchev–Trinajstić information content (AvgIpc) is 2.99. The summed E-state index contributed by atoms with van der Waals surface area (Å²) in [6, 6.07) is 3.04. The van der Waals surface area contributed by atoms with Gasteiger partial charge in [-0.15, -0.1) is 0 Å². The van der Waals surface area contributed by atoms with E-state index in [0.717, 1.165) is 29.2 Å². The van der Waals surface area contributed by atoms with Crippen molar-refractivity contribution in [3.8, 4) is 5.75 Å². The molecule has 2 aliphatic heterocycles. The van der Waals surface area contributed by atoms with Crippen molar-refractivity contribution in [3.05, 3.63) is 59.4 Å². The number of rotatable bonds is 4. The Bertz CT molecular complexity index is 1540. The Hall–Kier alpha value is -3.50. The van der Waals surface area contributed by atoms with Crippen LogP contribution in [0.2, 0.25) is 0 Å². The second-order valence-electron chi connectivity index (χ2n) is 11.3. The summed E-state index contributed by atoms with van der Waals surface area (Å²) < 4.78 is 158. The summed E-state index contributed by atoms with van der Waals surface area (Å²) in [6.45, 7) is -1.10. The van der Waals surface area contributed by atoms with Crippen LogP contribution in [0.5, 0.6) is 5.75 Å². The van der Waals surface area contributed by atoms with Crippen molar-refractivity contribution in [3.63, 3.8) is 0 Å². The second kappa shape index (κ2) is 12.3. The monoisotopic (exact) mass is 689 g/mol. The molecular formula is C29H28F9NO6S. The summed E-state index contributed by atoms with van der Waals surface area (Å²) in [6.07, 6.45) is -11.9. The molecule has 1 amide bonds. The van der Waals surface area contributed by atoms with Gasteiger partial charge in [-0.1, -0.05) is 18.6 Å². The molecule has 2 fully saturated rings. The lowest BCUT2D eigenvalue weighted by Gasteiger charge is -2.53.